The summed E-state index contributed by atoms with van der Waals surface area (Å²) in [6, 6.07) is 10.3. The minimum atomic E-state index is -0.550. The first kappa shape index (κ1) is 18.9. The Morgan fingerprint density at radius 2 is 1.93 bits per heavy atom. The van der Waals surface area contributed by atoms with Crippen molar-refractivity contribution >= 4 is 29.1 Å². The van der Waals surface area contributed by atoms with Crippen LogP contribution >= 0.6 is 11.6 Å². The van der Waals surface area contributed by atoms with Crippen LogP contribution in [0.25, 0.3) is 0 Å². The van der Waals surface area contributed by atoms with Gasteiger partial charge in [-0.1, -0.05) is 23.7 Å². The molecule has 0 saturated heterocycles. The van der Waals surface area contributed by atoms with Gasteiger partial charge in [-0.25, -0.2) is 4.39 Å². The van der Waals surface area contributed by atoms with Crippen molar-refractivity contribution in [2.45, 2.75) is 45.2 Å². The Hall–Kier alpha value is -2.40. The number of halogens is 2. The zero-order valence-corrected chi connectivity index (χ0v) is 16.4. The standard InChI is InChI=1S/C22H22ClFN2O2/c1-13-3-2-4-17-18(13)12-26(22(17)28)16-8-5-14(6-9-16)21(27)25-15-7-10-19(23)20(24)11-15/h2-4,7,10-11,14,16H,5-6,8-9,12H2,1H3,(H,25,27). The van der Waals surface area contributed by atoms with Crippen LogP contribution in [-0.4, -0.2) is 22.8 Å². The lowest BCUT2D eigenvalue weighted by Gasteiger charge is -2.34. The van der Waals surface area contributed by atoms with E-state index in [1.807, 2.05) is 30.0 Å². The first-order chi connectivity index (χ1) is 13.4. The quantitative estimate of drug-likeness (QED) is 0.793. The van der Waals surface area contributed by atoms with Crippen molar-refractivity contribution in [3.05, 3.63) is 63.9 Å². The van der Waals surface area contributed by atoms with Gasteiger partial charge in [-0.15, -0.1) is 0 Å². The second-order valence-corrected chi connectivity index (χ2v) is 8.06. The van der Waals surface area contributed by atoms with Gasteiger partial charge in [0.1, 0.15) is 5.82 Å². The summed E-state index contributed by atoms with van der Waals surface area (Å²) in [5.74, 6) is -0.683. The van der Waals surface area contributed by atoms with Gasteiger partial charge < -0.3 is 10.2 Å². The van der Waals surface area contributed by atoms with Crippen molar-refractivity contribution in [1.29, 1.82) is 0 Å². The summed E-state index contributed by atoms with van der Waals surface area (Å²) in [7, 11) is 0. The van der Waals surface area contributed by atoms with Crippen LogP contribution in [0, 0.1) is 18.7 Å². The van der Waals surface area contributed by atoms with Gasteiger partial charge in [-0.2, -0.15) is 0 Å². The summed E-state index contributed by atoms with van der Waals surface area (Å²) in [5, 5.41) is 2.81. The monoisotopic (exact) mass is 400 g/mol. The molecule has 1 aliphatic heterocycles. The van der Waals surface area contributed by atoms with Crippen molar-refractivity contribution in [3.8, 4) is 0 Å². The van der Waals surface area contributed by atoms with Gasteiger partial charge in [0.25, 0.3) is 5.91 Å². The van der Waals surface area contributed by atoms with Crippen molar-refractivity contribution in [1.82, 2.24) is 4.90 Å². The molecule has 28 heavy (non-hydrogen) atoms. The van der Waals surface area contributed by atoms with Crippen LogP contribution < -0.4 is 5.32 Å². The molecule has 0 atom stereocenters. The Kier molecular flexibility index (Phi) is 5.11. The molecule has 1 saturated carbocycles. The molecule has 2 amide bonds. The van der Waals surface area contributed by atoms with E-state index in [2.05, 4.69) is 5.32 Å². The summed E-state index contributed by atoms with van der Waals surface area (Å²) >= 11 is 5.68. The van der Waals surface area contributed by atoms with Gasteiger partial charge in [0, 0.05) is 29.8 Å². The maximum Gasteiger partial charge on any atom is 0.254 e. The Morgan fingerprint density at radius 3 is 2.61 bits per heavy atom. The lowest BCUT2D eigenvalue weighted by Crippen LogP contribution is -2.40. The molecule has 1 N–H and O–H groups in total. The highest BCUT2D eigenvalue weighted by Crippen LogP contribution is 2.34. The fourth-order valence-corrected chi connectivity index (χ4v) is 4.39. The molecule has 0 radical (unpaired) electrons. The van der Waals surface area contributed by atoms with E-state index in [9.17, 15) is 14.0 Å². The van der Waals surface area contributed by atoms with Crippen LogP contribution in [0.4, 0.5) is 10.1 Å². The lowest BCUT2D eigenvalue weighted by molar-refractivity contribution is -0.121. The molecule has 146 valence electrons. The molecule has 2 aliphatic rings. The number of nitrogens with zero attached hydrogens (tertiary/aromatic N) is 1. The van der Waals surface area contributed by atoms with Crippen LogP contribution in [-0.2, 0) is 11.3 Å². The number of hydrogen-bond donors (Lipinski definition) is 1. The van der Waals surface area contributed by atoms with Gasteiger partial charge in [-0.05, 0) is 68.0 Å². The fraction of sp³-hybridized carbons (Fsp3) is 0.364. The second kappa shape index (κ2) is 7.55. The third-order valence-electron chi connectivity index (χ3n) is 5.93. The lowest BCUT2D eigenvalue weighted by atomic mass is 9.84. The number of nitrogens with one attached hydrogen (secondary N) is 1. The molecule has 1 aliphatic carbocycles. The highest BCUT2D eigenvalue weighted by atomic mass is 35.5. The SMILES string of the molecule is Cc1cccc2c1CN(C1CCC(C(=O)Nc3ccc(Cl)c(F)c3)CC1)C2=O. The first-order valence-corrected chi connectivity index (χ1v) is 9.97. The van der Waals surface area contributed by atoms with Gasteiger partial charge >= 0.3 is 0 Å². The van der Waals surface area contributed by atoms with E-state index in [0.717, 1.165) is 29.5 Å². The maximum absolute atomic E-state index is 13.6. The van der Waals surface area contributed by atoms with E-state index in [-0.39, 0.29) is 28.8 Å². The smallest absolute Gasteiger partial charge is 0.254 e. The molecule has 0 aromatic heterocycles. The van der Waals surface area contributed by atoms with E-state index in [0.29, 0.717) is 25.1 Å². The highest BCUT2D eigenvalue weighted by Gasteiger charge is 2.36. The second-order valence-electron chi connectivity index (χ2n) is 7.66. The Labute approximate surface area is 168 Å². The molecule has 1 fully saturated rings. The fourth-order valence-electron chi connectivity index (χ4n) is 4.27. The Balaban J connectivity index is 1.36. The molecule has 4 nitrogen and oxygen atoms in total. The molecule has 6 heteroatoms. The Morgan fingerprint density at radius 1 is 1.18 bits per heavy atom. The van der Waals surface area contributed by atoms with E-state index in [1.54, 1.807) is 6.07 Å². The minimum absolute atomic E-state index is 0.0324. The summed E-state index contributed by atoms with van der Waals surface area (Å²) in [6.45, 7) is 2.70. The predicted molar refractivity (Wildman–Crippen MR) is 107 cm³/mol. The Bertz CT molecular complexity index is 938. The average Bonchev–Trinajstić information content (AvgIpc) is 3.03. The van der Waals surface area contributed by atoms with Gasteiger partial charge in [-0.3, -0.25) is 9.59 Å². The van der Waals surface area contributed by atoms with Crippen molar-refractivity contribution in [3.63, 3.8) is 0 Å². The molecule has 1 heterocycles. The number of benzene rings is 2. The average molecular weight is 401 g/mol. The van der Waals surface area contributed by atoms with Crippen LogP contribution in [0.15, 0.2) is 36.4 Å². The van der Waals surface area contributed by atoms with E-state index >= 15 is 0 Å². The summed E-state index contributed by atoms with van der Waals surface area (Å²) < 4.78 is 13.6. The minimum Gasteiger partial charge on any atom is -0.331 e. The summed E-state index contributed by atoms with van der Waals surface area (Å²) in [4.78, 5) is 27.3. The maximum atomic E-state index is 13.6. The normalized spacial score (nSPS) is 21.5. The number of carbonyl (C=O) groups excluding carboxylic acids is 2. The molecular weight excluding hydrogens is 379 g/mol. The predicted octanol–water partition coefficient (Wildman–Crippen LogP) is 4.94. The van der Waals surface area contributed by atoms with E-state index in [1.165, 1.54) is 12.1 Å². The zero-order chi connectivity index (χ0) is 19.8. The van der Waals surface area contributed by atoms with Crippen LogP contribution in [0.2, 0.25) is 5.02 Å². The topological polar surface area (TPSA) is 49.4 Å². The molecule has 2 aromatic rings. The molecule has 4 rings (SSSR count). The number of hydrogen-bond acceptors (Lipinski definition) is 2. The van der Waals surface area contributed by atoms with Crippen molar-refractivity contribution in [2.24, 2.45) is 5.92 Å². The van der Waals surface area contributed by atoms with Crippen molar-refractivity contribution in [2.75, 3.05) is 5.32 Å². The molecular formula is C22H22ClFN2O2. The third kappa shape index (κ3) is 3.51. The molecule has 0 bridgehead atoms. The van der Waals surface area contributed by atoms with Gasteiger partial charge in [0.15, 0.2) is 0 Å². The third-order valence-corrected chi connectivity index (χ3v) is 6.23. The number of fused-ring (bicyclic) bond motifs is 1. The number of rotatable bonds is 3. The zero-order valence-electron chi connectivity index (χ0n) is 15.7. The van der Waals surface area contributed by atoms with Crippen molar-refractivity contribution < 1.29 is 14.0 Å². The van der Waals surface area contributed by atoms with Crippen LogP contribution in [0.1, 0.15) is 47.2 Å². The number of amides is 2. The van der Waals surface area contributed by atoms with Gasteiger partial charge in [0.05, 0.1) is 5.02 Å². The molecule has 0 unspecified atom stereocenters. The summed E-state index contributed by atoms with van der Waals surface area (Å²) in [5.41, 5.74) is 3.49. The number of anilines is 1. The van der Waals surface area contributed by atoms with Gasteiger partial charge in [0.2, 0.25) is 5.91 Å². The largest absolute Gasteiger partial charge is 0.331 e. The van der Waals surface area contributed by atoms with Crippen LogP contribution in [0.3, 0.4) is 0 Å². The van der Waals surface area contributed by atoms with E-state index in [4.69, 9.17) is 11.6 Å². The van der Waals surface area contributed by atoms with Crippen LogP contribution in [0.5, 0.6) is 0 Å². The highest BCUT2D eigenvalue weighted by molar-refractivity contribution is 6.30. The molecule has 2 aromatic carbocycles. The molecule has 0 spiro atoms. The summed E-state index contributed by atoms with van der Waals surface area (Å²) in [6.07, 6.45) is 3.02. The van der Waals surface area contributed by atoms with E-state index < -0.39 is 5.82 Å². The number of carbonyl (C=O) groups is 2. The first-order valence-electron chi connectivity index (χ1n) is 9.59. The number of aryl methyl sites for hydroxylation is 1.